The van der Waals surface area contributed by atoms with E-state index < -0.39 is 0 Å². The number of hydrogen-bond acceptors (Lipinski definition) is 5. The van der Waals surface area contributed by atoms with Crippen LogP contribution in [0.4, 0.5) is 0 Å². The largest absolute Gasteiger partial charge is 0.493 e. The van der Waals surface area contributed by atoms with Crippen LogP contribution in [0, 0.1) is 0 Å². The minimum absolute atomic E-state index is 0.0815. The molecule has 0 radical (unpaired) electrons. The summed E-state index contributed by atoms with van der Waals surface area (Å²) < 4.78 is 19.4. The third-order valence-corrected chi connectivity index (χ3v) is 6.65. The highest BCUT2D eigenvalue weighted by molar-refractivity contribution is 9.10. The standard InChI is InChI=1S/C24H20Br2N2O3/c1-29-22-9-5-15(11-23(22)30-2)19-13-20-18-12-17(26)8-10-21(18)31-24(28(20)27-19)14-3-6-16(25)7-4-14/h3-12,20,24H,13H2,1-2H3. The first-order valence-electron chi connectivity index (χ1n) is 9.87. The quantitative estimate of drug-likeness (QED) is 0.378. The molecule has 0 saturated carbocycles. The Balaban J connectivity index is 1.58. The van der Waals surface area contributed by atoms with E-state index in [2.05, 4.69) is 55.1 Å². The maximum atomic E-state index is 6.43. The number of nitrogens with zero attached hydrogens (tertiary/aromatic N) is 2. The van der Waals surface area contributed by atoms with E-state index in [1.165, 1.54) is 0 Å². The second kappa shape index (κ2) is 8.20. The molecule has 0 spiro atoms. The first-order chi connectivity index (χ1) is 15.1. The van der Waals surface area contributed by atoms with E-state index in [9.17, 15) is 0 Å². The highest BCUT2D eigenvalue weighted by Crippen LogP contribution is 2.48. The molecule has 2 heterocycles. The van der Waals surface area contributed by atoms with Gasteiger partial charge in [0.1, 0.15) is 5.75 Å². The fraction of sp³-hybridized carbons (Fsp3) is 0.208. The first kappa shape index (κ1) is 20.4. The number of benzene rings is 3. The van der Waals surface area contributed by atoms with Crippen molar-refractivity contribution in [1.29, 1.82) is 0 Å². The summed E-state index contributed by atoms with van der Waals surface area (Å²) in [5.74, 6) is 2.28. The molecule has 3 aromatic rings. The van der Waals surface area contributed by atoms with E-state index in [4.69, 9.17) is 19.3 Å². The normalized spacial score (nSPS) is 19.2. The summed E-state index contributed by atoms with van der Waals surface area (Å²) in [7, 11) is 3.28. The van der Waals surface area contributed by atoms with Gasteiger partial charge in [-0.3, -0.25) is 0 Å². The second-order valence-electron chi connectivity index (χ2n) is 7.42. The zero-order valence-corrected chi connectivity index (χ0v) is 20.2. The van der Waals surface area contributed by atoms with Crippen LogP contribution in [-0.4, -0.2) is 24.9 Å². The predicted octanol–water partition coefficient (Wildman–Crippen LogP) is 6.47. The SMILES string of the molecule is COc1ccc(C2=NN3C(C2)c2cc(Br)ccc2OC3c2ccc(Br)cc2)cc1OC. The molecule has 0 aliphatic carbocycles. The molecule has 3 aromatic carbocycles. The monoisotopic (exact) mass is 542 g/mol. The van der Waals surface area contributed by atoms with Crippen molar-refractivity contribution < 1.29 is 14.2 Å². The van der Waals surface area contributed by atoms with E-state index in [0.717, 1.165) is 43.5 Å². The topological polar surface area (TPSA) is 43.3 Å². The lowest BCUT2D eigenvalue weighted by molar-refractivity contribution is -0.0190. The van der Waals surface area contributed by atoms with Crippen molar-refractivity contribution in [3.63, 3.8) is 0 Å². The highest BCUT2D eigenvalue weighted by atomic mass is 79.9. The molecule has 5 nitrogen and oxygen atoms in total. The number of halogens is 2. The minimum atomic E-state index is -0.301. The molecular weight excluding hydrogens is 524 g/mol. The van der Waals surface area contributed by atoms with E-state index in [1.807, 2.05) is 42.5 Å². The molecule has 5 rings (SSSR count). The molecule has 7 heteroatoms. The van der Waals surface area contributed by atoms with Crippen molar-refractivity contribution in [2.45, 2.75) is 18.7 Å². The Bertz CT molecular complexity index is 1160. The van der Waals surface area contributed by atoms with Crippen molar-refractivity contribution in [1.82, 2.24) is 5.01 Å². The molecule has 2 atom stereocenters. The second-order valence-corrected chi connectivity index (χ2v) is 9.25. The Kier molecular flexibility index (Phi) is 5.40. The summed E-state index contributed by atoms with van der Waals surface area (Å²) in [5.41, 5.74) is 4.18. The van der Waals surface area contributed by atoms with Gasteiger partial charge in [-0.25, -0.2) is 5.01 Å². The first-order valence-corrected chi connectivity index (χ1v) is 11.5. The predicted molar refractivity (Wildman–Crippen MR) is 127 cm³/mol. The van der Waals surface area contributed by atoms with Crippen LogP contribution >= 0.6 is 31.9 Å². The lowest BCUT2D eigenvalue weighted by Crippen LogP contribution is -2.33. The highest BCUT2D eigenvalue weighted by Gasteiger charge is 2.41. The number of fused-ring (bicyclic) bond motifs is 3. The maximum absolute atomic E-state index is 6.43. The summed E-state index contributed by atoms with van der Waals surface area (Å²) in [6.45, 7) is 0. The van der Waals surface area contributed by atoms with Gasteiger partial charge in [0.2, 0.25) is 6.23 Å². The Labute approximate surface area is 197 Å². The number of methoxy groups -OCH3 is 2. The molecule has 0 fully saturated rings. The van der Waals surface area contributed by atoms with Gasteiger partial charge >= 0.3 is 0 Å². The third-order valence-electron chi connectivity index (χ3n) is 5.62. The van der Waals surface area contributed by atoms with Gasteiger partial charge < -0.3 is 14.2 Å². The molecule has 31 heavy (non-hydrogen) atoms. The van der Waals surface area contributed by atoms with Crippen LogP contribution in [0.1, 0.15) is 35.4 Å². The molecule has 158 valence electrons. The van der Waals surface area contributed by atoms with Crippen molar-refractivity contribution in [2.75, 3.05) is 14.2 Å². The van der Waals surface area contributed by atoms with Gasteiger partial charge in [0.15, 0.2) is 11.5 Å². The number of ether oxygens (including phenoxy) is 3. The zero-order valence-electron chi connectivity index (χ0n) is 17.0. The molecule has 2 aliphatic heterocycles. The molecular formula is C24H20Br2N2O3. The lowest BCUT2D eigenvalue weighted by Gasteiger charge is -2.38. The molecule has 0 N–H and O–H groups in total. The molecule has 0 bridgehead atoms. The summed E-state index contributed by atoms with van der Waals surface area (Å²) in [6.07, 6.45) is 0.472. The fourth-order valence-electron chi connectivity index (χ4n) is 4.10. The van der Waals surface area contributed by atoms with Gasteiger partial charge in [-0.1, -0.05) is 44.0 Å². The summed E-state index contributed by atoms with van der Waals surface area (Å²) >= 11 is 7.12. The van der Waals surface area contributed by atoms with Crippen molar-refractivity contribution in [3.8, 4) is 17.2 Å². The van der Waals surface area contributed by atoms with Gasteiger partial charge in [0, 0.05) is 32.1 Å². The Hall–Kier alpha value is -2.51. The third kappa shape index (κ3) is 3.70. The van der Waals surface area contributed by atoms with E-state index in [1.54, 1.807) is 14.2 Å². The fourth-order valence-corrected chi connectivity index (χ4v) is 4.74. The summed E-state index contributed by atoms with van der Waals surface area (Å²) in [6, 6.07) is 20.4. The maximum Gasteiger partial charge on any atom is 0.213 e. The van der Waals surface area contributed by atoms with Gasteiger partial charge in [-0.2, -0.15) is 5.10 Å². The molecule has 0 amide bonds. The van der Waals surface area contributed by atoms with Crippen LogP contribution in [0.15, 0.2) is 74.7 Å². The Morgan fingerprint density at radius 1 is 0.903 bits per heavy atom. The van der Waals surface area contributed by atoms with E-state index in [0.29, 0.717) is 11.5 Å². The summed E-state index contributed by atoms with van der Waals surface area (Å²) in [4.78, 5) is 0. The zero-order chi connectivity index (χ0) is 21.5. The van der Waals surface area contributed by atoms with Crippen LogP contribution in [0.3, 0.4) is 0 Å². The summed E-state index contributed by atoms with van der Waals surface area (Å²) in [5, 5.41) is 7.10. The number of hydrogen-bond donors (Lipinski definition) is 0. The van der Waals surface area contributed by atoms with E-state index >= 15 is 0 Å². The van der Waals surface area contributed by atoms with Crippen molar-refractivity contribution >= 4 is 37.6 Å². The van der Waals surface area contributed by atoms with Crippen molar-refractivity contribution in [2.24, 2.45) is 5.10 Å². The average Bonchev–Trinajstić information content (AvgIpc) is 3.24. The number of hydrazone groups is 1. The van der Waals surface area contributed by atoms with Gasteiger partial charge in [-0.15, -0.1) is 0 Å². The Morgan fingerprint density at radius 2 is 1.65 bits per heavy atom. The smallest absolute Gasteiger partial charge is 0.213 e. The van der Waals surface area contributed by atoms with Gasteiger partial charge in [0.25, 0.3) is 0 Å². The number of rotatable bonds is 4. The lowest BCUT2D eigenvalue weighted by atomic mass is 9.96. The molecule has 2 aliphatic rings. The minimum Gasteiger partial charge on any atom is -0.493 e. The van der Waals surface area contributed by atoms with Crippen LogP contribution in [0.5, 0.6) is 17.2 Å². The van der Waals surface area contributed by atoms with Crippen LogP contribution < -0.4 is 14.2 Å². The van der Waals surface area contributed by atoms with Crippen molar-refractivity contribution in [3.05, 3.63) is 86.3 Å². The molecule has 2 unspecified atom stereocenters. The van der Waals surface area contributed by atoms with Crippen LogP contribution in [0.2, 0.25) is 0 Å². The Morgan fingerprint density at radius 3 is 2.39 bits per heavy atom. The van der Waals surface area contributed by atoms with Crippen LogP contribution in [0.25, 0.3) is 0 Å². The van der Waals surface area contributed by atoms with Crippen LogP contribution in [-0.2, 0) is 0 Å². The van der Waals surface area contributed by atoms with Gasteiger partial charge in [-0.05, 0) is 48.5 Å². The average molecular weight is 544 g/mol. The molecule has 0 aromatic heterocycles. The van der Waals surface area contributed by atoms with E-state index in [-0.39, 0.29) is 12.3 Å². The van der Waals surface area contributed by atoms with Gasteiger partial charge in [0.05, 0.1) is 26.0 Å². The molecule has 0 saturated heterocycles.